The zero-order valence-electron chi connectivity index (χ0n) is 16.8. The summed E-state index contributed by atoms with van der Waals surface area (Å²) in [5, 5.41) is 0.432. The van der Waals surface area contributed by atoms with Crippen LogP contribution in [0.15, 0.2) is 47.4 Å². The number of fused-ring (bicyclic) bond motifs is 1. The van der Waals surface area contributed by atoms with Gasteiger partial charge >= 0.3 is 0 Å². The molecule has 2 heterocycles. The topological polar surface area (TPSA) is 85.4 Å². The van der Waals surface area contributed by atoms with Crippen LogP contribution in [0, 0.1) is 0 Å². The van der Waals surface area contributed by atoms with Crippen molar-refractivity contribution in [2.24, 2.45) is 0 Å². The lowest BCUT2D eigenvalue weighted by molar-refractivity contribution is -0.134. The third kappa shape index (κ3) is 4.89. The van der Waals surface area contributed by atoms with Crippen LogP contribution in [0.25, 0.3) is 0 Å². The third-order valence-electron chi connectivity index (χ3n) is 5.14. The number of halogens is 1. The fraction of sp³-hybridized carbons (Fsp3) is 0.381. The first-order valence-electron chi connectivity index (χ1n) is 10.00. The van der Waals surface area contributed by atoms with Crippen LogP contribution in [0.4, 0.5) is 0 Å². The van der Waals surface area contributed by atoms with Crippen LogP contribution in [0.5, 0.6) is 17.2 Å². The molecule has 1 amide bonds. The maximum Gasteiger partial charge on any atom is 0.260 e. The number of hydrogen-bond acceptors (Lipinski definition) is 6. The molecule has 0 saturated carbocycles. The standard InChI is InChI=1S/C21H23ClN2O6S/c22-17-4-1-2-5-18(17)30-15-21(25)23-8-10-24(11-9-23)31(26,27)16-6-7-19-20(14-16)29-13-3-12-28-19/h1-2,4-7,14H,3,8-13,15H2. The molecule has 10 heteroatoms. The summed E-state index contributed by atoms with van der Waals surface area (Å²) in [4.78, 5) is 14.2. The van der Waals surface area contributed by atoms with Gasteiger partial charge in [0.1, 0.15) is 5.75 Å². The van der Waals surface area contributed by atoms with E-state index in [0.29, 0.717) is 35.5 Å². The van der Waals surface area contributed by atoms with Crippen LogP contribution in [-0.4, -0.2) is 69.5 Å². The highest BCUT2D eigenvalue weighted by Crippen LogP contribution is 2.33. The molecule has 0 spiro atoms. The van der Waals surface area contributed by atoms with Crippen LogP contribution < -0.4 is 14.2 Å². The highest BCUT2D eigenvalue weighted by molar-refractivity contribution is 7.89. The number of amides is 1. The largest absolute Gasteiger partial charge is 0.490 e. The summed E-state index contributed by atoms with van der Waals surface area (Å²) in [5.41, 5.74) is 0. The van der Waals surface area contributed by atoms with Gasteiger partial charge in [-0.15, -0.1) is 0 Å². The van der Waals surface area contributed by atoms with E-state index in [0.717, 1.165) is 6.42 Å². The van der Waals surface area contributed by atoms with Gasteiger partial charge in [0, 0.05) is 38.7 Å². The minimum absolute atomic E-state index is 0.151. The number of ether oxygens (including phenoxy) is 3. The molecule has 0 unspecified atom stereocenters. The lowest BCUT2D eigenvalue weighted by Gasteiger charge is -2.34. The van der Waals surface area contributed by atoms with Crippen LogP contribution in [0.2, 0.25) is 5.02 Å². The quantitative estimate of drug-likeness (QED) is 0.672. The van der Waals surface area contributed by atoms with E-state index in [1.807, 2.05) is 0 Å². The fourth-order valence-electron chi connectivity index (χ4n) is 3.42. The van der Waals surface area contributed by atoms with E-state index in [9.17, 15) is 13.2 Å². The van der Waals surface area contributed by atoms with Gasteiger partial charge in [-0.2, -0.15) is 4.31 Å². The molecule has 2 aromatic carbocycles. The van der Waals surface area contributed by atoms with Gasteiger partial charge in [-0.1, -0.05) is 23.7 Å². The van der Waals surface area contributed by atoms with Crippen molar-refractivity contribution >= 4 is 27.5 Å². The van der Waals surface area contributed by atoms with Gasteiger partial charge in [0.2, 0.25) is 10.0 Å². The maximum absolute atomic E-state index is 13.1. The Labute approximate surface area is 186 Å². The van der Waals surface area contributed by atoms with E-state index in [1.165, 1.54) is 16.4 Å². The second-order valence-corrected chi connectivity index (χ2v) is 9.51. The Balaban J connectivity index is 1.36. The monoisotopic (exact) mass is 466 g/mol. The normalized spacial score (nSPS) is 17.1. The van der Waals surface area contributed by atoms with E-state index in [1.54, 1.807) is 35.2 Å². The van der Waals surface area contributed by atoms with Crippen molar-refractivity contribution in [2.75, 3.05) is 46.0 Å². The highest BCUT2D eigenvalue weighted by Gasteiger charge is 2.31. The molecule has 166 valence electrons. The zero-order valence-corrected chi connectivity index (χ0v) is 18.4. The van der Waals surface area contributed by atoms with Gasteiger partial charge in [0.25, 0.3) is 5.91 Å². The molecule has 1 fully saturated rings. The number of carbonyl (C=O) groups is 1. The SMILES string of the molecule is O=C(COc1ccccc1Cl)N1CCN(S(=O)(=O)c2ccc3c(c2)OCCCO3)CC1. The average Bonchev–Trinajstić information content (AvgIpc) is 3.03. The van der Waals surface area contributed by atoms with Crippen molar-refractivity contribution in [3.63, 3.8) is 0 Å². The molecule has 0 radical (unpaired) electrons. The van der Waals surface area contributed by atoms with Gasteiger partial charge in [-0.05, 0) is 24.3 Å². The van der Waals surface area contributed by atoms with E-state index in [-0.39, 0.29) is 43.6 Å². The predicted molar refractivity (Wildman–Crippen MR) is 114 cm³/mol. The molecule has 2 aromatic rings. The number of piperazine rings is 1. The number of nitrogens with zero attached hydrogens (tertiary/aromatic N) is 2. The van der Waals surface area contributed by atoms with E-state index in [2.05, 4.69) is 0 Å². The average molecular weight is 467 g/mol. The number of rotatable bonds is 5. The summed E-state index contributed by atoms with van der Waals surface area (Å²) in [6.07, 6.45) is 0.743. The van der Waals surface area contributed by atoms with Crippen LogP contribution >= 0.6 is 11.6 Å². The summed E-state index contributed by atoms with van der Waals surface area (Å²) >= 11 is 6.03. The molecule has 0 aromatic heterocycles. The lowest BCUT2D eigenvalue weighted by Crippen LogP contribution is -2.51. The van der Waals surface area contributed by atoms with Crippen molar-refractivity contribution < 1.29 is 27.4 Å². The number of benzene rings is 2. The van der Waals surface area contributed by atoms with E-state index >= 15 is 0 Å². The molecule has 2 aliphatic heterocycles. The van der Waals surface area contributed by atoms with Crippen molar-refractivity contribution in [1.82, 2.24) is 9.21 Å². The number of hydrogen-bond donors (Lipinski definition) is 0. The van der Waals surface area contributed by atoms with Gasteiger partial charge in [-0.25, -0.2) is 8.42 Å². The number of carbonyl (C=O) groups excluding carboxylic acids is 1. The molecule has 4 rings (SSSR count). The predicted octanol–water partition coefficient (Wildman–Crippen LogP) is 2.41. The van der Waals surface area contributed by atoms with Crippen LogP contribution in [-0.2, 0) is 14.8 Å². The Bertz CT molecular complexity index is 1050. The Kier molecular flexibility index (Phi) is 6.54. The summed E-state index contributed by atoms with van der Waals surface area (Å²) < 4.78 is 44.2. The van der Waals surface area contributed by atoms with Crippen molar-refractivity contribution in [2.45, 2.75) is 11.3 Å². The molecule has 2 aliphatic rings. The molecule has 0 N–H and O–H groups in total. The zero-order chi connectivity index (χ0) is 21.8. The maximum atomic E-state index is 13.1. The molecule has 31 heavy (non-hydrogen) atoms. The lowest BCUT2D eigenvalue weighted by atomic mass is 10.3. The Morgan fingerprint density at radius 3 is 2.45 bits per heavy atom. The molecule has 1 saturated heterocycles. The van der Waals surface area contributed by atoms with Gasteiger partial charge < -0.3 is 19.1 Å². The summed E-state index contributed by atoms with van der Waals surface area (Å²) in [6, 6.07) is 11.6. The Morgan fingerprint density at radius 2 is 1.71 bits per heavy atom. The fourth-order valence-corrected chi connectivity index (χ4v) is 5.05. The van der Waals surface area contributed by atoms with Crippen molar-refractivity contribution in [1.29, 1.82) is 0 Å². The van der Waals surface area contributed by atoms with Gasteiger partial charge in [0.15, 0.2) is 18.1 Å². The van der Waals surface area contributed by atoms with Crippen LogP contribution in [0.1, 0.15) is 6.42 Å². The number of sulfonamides is 1. The molecular weight excluding hydrogens is 444 g/mol. The summed E-state index contributed by atoms with van der Waals surface area (Å²) in [6.45, 7) is 1.84. The van der Waals surface area contributed by atoms with Gasteiger partial charge in [0.05, 0.1) is 23.1 Å². The highest BCUT2D eigenvalue weighted by atomic mass is 35.5. The first kappa shape index (κ1) is 21.7. The van der Waals surface area contributed by atoms with Crippen molar-refractivity contribution in [3.8, 4) is 17.2 Å². The minimum Gasteiger partial charge on any atom is -0.490 e. The van der Waals surface area contributed by atoms with Gasteiger partial charge in [-0.3, -0.25) is 4.79 Å². The first-order valence-corrected chi connectivity index (χ1v) is 11.8. The minimum atomic E-state index is -3.71. The number of para-hydroxylation sites is 1. The molecule has 0 atom stereocenters. The second kappa shape index (κ2) is 9.33. The summed E-state index contributed by atoms with van der Waals surface area (Å²) in [7, 11) is -3.71. The van der Waals surface area contributed by atoms with E-state index < -0.39 is 10.0 Å². The summed E-state index contributed by atoms with van der Waals surface area (Å²) in [5.74, 6) is 1.20. The molecule has 0 bridgehead atoms. The molecule has 8 nitrogen and oxygen atoms in total. The Morgan fingerprint density at radius 1 is 1.00 bits per heavy atom. The molecular formula is C21H23ClN2O6S. The van der Waals surface area contributed by atoms with Crippen LogP contribution in [0.3, 0.4) is 0 Å². The first-order chi connectivity index (χ1) is 14.9. The second-order valence-electron chi connectivity index (χ2n) is 7.16. The smallest absolute Gasteiger partial charge is 0.260 e. The van der Waals surface area contributed by atoms with E-state index in [4.69, 9.17) is 25.8 Å². The van der Waals surface area contributed by atoms with Crippen molar-refractivity contribution in [3.05, 3.63) is 47.5 Å². The third-order valence-corrected chi connectivity index (χ3v) is 7.34. The molecule has 0 aliphatic carbocycles. The Hall–Kier alpha value is -2.49.